The summed E-state index contributed by atoms with van der Waals surface area (Å²) in [5.41, 5.74) is 4.62. The number of nitrogens with one attached hydrogen (secondary N) is 1. The standard InChI is InChI=1S/C17H14N4O3/c1-20-11-13(15-4-2-3-5-16(15)20)10-18-19-17(22)12-6-8-14(9-7-12)21(23)24/h2-11H,1H3,(H,19,22). The van der Waals surface area contributed by atoms with Gasteiger partial charge in [0.2, 0.25) is 0 Å². The van der Waals surface area contributed by atoms with Crippen molar-refractivity contribution in [2.75, 3.05) is 0 Å². The van der Waals surface area contributed by atoms with Gasteiger partial charge in [-0.05, 0) is 18.2 Å². The molecule has 0 radical (unpaired) electrons. The van der Waals surface area contributed by atoms with Crippen LogP contribution in [0.3, 0.4) is 0 Å². The van der Waals surface area contributed by atoms with Gasteiger partial charge in [-0.3, -0.25) is 14.9 Å². The molecule has 1 N–H and O–H groups in total. The number of carbonyl (C=O) groups is 1. The molecule has 0 aliphatic rings. The molecule has 1 heterocycles. The van der Waals surface area contributed by atoms with Gasteiger partial charge in [-0.2, -0.15) is 5.10 Å². The van der Waals surface area contributed by atoms with Crippen LogP contribution >= 0.6 is 0 Å². The highest BCUT2D eigenvalue weighted by atomic mass is 16.6. The summed E-state index contributed by atoms with van der Waals surface area (Å²) >= 11 is 0. The third-order valence-electron chi connectivity index (χ3n) is 3.64. The lowest BCUT2D eigenvalue weighted by Gasteiger charge is -1.99. The smallest absolute Gasteiger partial charge is 0.271 e. The third-order valence-corrected chi connectivity index (χ3v) is 3.64. The van der Waals surface area contributed by atoms with Gasteiger partial charge in [0, 0.05) is 47.4 Å². The number of nitrogens with zero attached hydrogens (tertiary/aromatic N) is 3. The number of aryl methyl sites for hydroxylation is 1. The summed E-state index contributed by atoms with van der Waals surface area (Å²) in [6.45, 7) is 0. The molecular weight excluding hydrogens is 308 g/mol. The summed E-state index contributed by atoms with van der Waals surface area (Å²) < 4.78 is 1.98. The van der Waals surface area contributed by atoms with E-state index >= 15 is 0 Å². The van der Waals surface area contributed by atoms with Crippen LogP contribution in [0.2, 0.25) is 0 Å². The first-order valence-corrected chi connectivity index (χ1v) is 7.18. The zero-order valence-corrected chi connectivity index (χ0v) is 12.8. The van der Waals surface area contributed by atoms with Crippen LogP contribution in [0.25, 0.3) is 10.9 Å². The molecule has 120 valence electrons. The van der Waals surface area contributed by atoms with Crippen molar-refractivity contribution in [3.8, 4) is 0 Å². The van der Waals surface area contributed by atoms with Gasteiger partial charge >= 0.3 is 0 Å². The maximum Gasteiger partial charge on any atom is 0.271 e. The lowest BCUT2D eigenvalue weighted by Crippen LogP contribution is -2.17. The first-order chi connectivity index (χ1) is 11.6. The maximum atomic E-state index is 12.0. The Kier molecular flexibility index (Phi) is 4.07. The maximum absolute atomic E-state index is 12.0. The van der Waals surface area contributed by atoms with Crippen molar-refractivity contribution < 1.29 is 9.72 Å². The molecule has 0 saturated heterocycles. The Morgan fingerprint density at radius 1 is 1.21 bits per heavy atom. The lowest BCUT2D eigenvalue weighted by molar-refractivity contribution is -0.384. The molecule has 0 saturated carbocycles. The largest absolute Gasteiger partial charge is 0.350 e. The molecule has 7 heteroatoms. The number of hydrazone groups is 1. The number of rotatable bonds is 4. The van der Waals surface area contributed by atoms with Crippen LogP contribution < -0.4 is 5.43 Å². The second-order valence-electron chi connectivity index (χ2n) is 5.22. The molecule has 0 aliphatic carbocycles. The molecule has 0 aliphatic heterocycles. The van der Waals surface area contributed by atoms with Crippen molar-refractivity contribution in [3.63, 3.8) is 0 Å². The minimum absolute atomic E-state index is 0.0641. The summed E-state index contributed by atoms with van der Waals surface area (Å²) in [5.74, 6) is -0.429. The van der Waals surface area contributed by atoms with Crippen molar-refractivity contribution in [1.29, 1.82) is 0 Å². The number of nitro groups is 1. The Morgan fingerprint density at radius 2 is 1.92 bits per heavy atom. The van der Waals surface area contributed by atoms with Crippen LogP contribution in [0.4, 0.5) is 5.69 Å². The number of hydrogen-bond donors (Lipinski definition) is 1. The molecule has 0 spiro atoms. The first-order valence-electron chi connectivity index (χ1n) is 7.18. The van der Waals surface area contributed by atoms with Crippen molar-refractivity contribution >= 4 is 28.7 Å². The quantitative estimate of drug-likeness (QED) is 0.455. The normalized spacial score (nSPS) is 11.0. The van der Waals surface area contributed by atoms with Crippen molar-refractivity contribution in [1.82, 2.24) is 9.99 Å². The number of non-ortho nitro benzene ring substituents is 1. The van der Waals surface area contributed by atoms with Crippen LogP contribution in [0.5, 0.6) is 0 Å². The van der Waals surface area contributed by atoms with E-state index in [2.05, 4.69) is 10.5 Å². The molecule has 0 unspecified atom stereocenters. The molecule has 1 amide bonds. The number of amides is 1. The van der Waals surface area contributed by atoms with Crippen LogP contribution in [0, 0.1) is 10.1 Å². The summed E-state index contributed by atoms with van der Waals surface area (Å²) in [4.78, 5) is 22.1. The van der Waals surface area contributed by atoms with E-state index < -0.39 is 10.8 Å². The van der Waals surface area contributed by atoms with E-state index in [-0.39, 0.29) is 5.69 Å². The average Bonchev–Trinajstić information content (AvgIpc) is 2.91. The zero-order valence-electron chi connectivity index (χ0n) is 12.8. The van der Waals surface area contributed by atoms with Gasteiger partial charge in [0.05, 0.1) is 11.1 Å². The number of aromatic nitrogens is 1. The van der Waals surface area contributed by atoms with Gasteiger partial charge in [-0.25, -0.2) is 5.43 Å². The highest BCUT2D eigenvalue weighted by molar-refractivity contribution is 6.00. The molecule has 7 nitrogen and oxygen atoms in total. The van der Waals surface area contributed by atoms with E-state index in [0.717, 1.165) is 16.5 Å². The minimum Gasteiger partial charge on any atom is -0.350 e. The topological polar surface area (TPSA) is 89.5 Å². The van der Waals surface area contributed by atoms with Crippen LogP contribution in [-0.4, -0.2) is 21.6 Å². The Hall–Kier alpha value is -3.48. The van der Waals surface area contributed by atoms with Gasteiger partial charge in [-0.15, -0.1) is 0 Å². The molecule has 0 fully saturated rings. The van der Waals surface area contributed by atoms with E-state index in [1.54, 1.807) is 6.21 Å². The predicted molar refractivity (Wildman–Crippen MR) is 91.1 cm³/mol. The fourth-order valence-corrected chi connectivity index (χ4v) is 2.44. The van der Waals surface area contributed by atoms with Gasteiger partial charge in [-0.1, -0.05) is 18.2 Å². The highest BCUT2D eigenvalue weighted by Crippen LogP contribution is 2.18. The molecule has 0 atom stereocenters. The monoisotopic (exact) mass is 322 g/mol. The van der Waals surface area contributed by atoms with E-state index in [4.69, 9.17) is 0 Å². The van der Waals surface area contributed by atoms with Crippen LogP contribution in [0.1, 0.15) is 15.9 Å². The van der Waals surface area contributed by atoms with Gasteiger partial charge < -0.3 is 4.57 Å². The highest BCUT2D eigenvalue weighted by Gasteiger charge is 2.09. The molecule has 2 aromatic carbocycles. The fraction of sp³-hybridized carbons (Fsp3) is 0.0588. The Balaban J connectivity index is 1.73. The second-order valence-corrected chi connectivity index (χ2v) is 5.22. The third kappa shape index (κ3) is 3.00. The summed E-state index contributed by atoms with van der Waals surface area (Å²) in [7, 11) is 1.94. The number of nitro benzene ring substituents is 1. The van der Waals surface area contributed by atoms with Crippen molar-refractivity contribution in [2.45, 2.75) is 0 Å². The predicted octanol–water partition coefficient (Wildman–Crippen LogP) is 2.85. The Labute approximate surface area is 137 Å². The molecule has 3 rings (SSSR count). The molecular formula is C17H14N4O3. The van der Waals surface area contributed by atoms with Crippen LogP contribution in [-0.2, 0) is 7.05 Å². The number of carbonyl (C=O) groups excluding carboxylic acids is 1. The second kappa shape index (κ2) is 6.33. The first kappa shape index (κ1) is 15.4. The summed E-state index contributed by atoms with van der Waals surface area (Å²) in [6.07, 6.45) is 3.50. The number of fused-ring (bicyclic) bond motifs is 1. The Morgan fingerprint density at radius 3 is 2.62 bits per heavy atom. The van der Waals surface area contributed by atoms with Gasteiger partial charge in [0.15, 0.2) is 0 Å². The Bertz CT molecular complexity index is 942. The van der Waals surface area contributed by atoms with E-state index in [0.29, 0.717) is 5.56 Å². The van der Waals surface area contributed by atoms with Gasteiger partial charge in [0.1, 0.15) is 0 Å². The summed E-state index contributed by atoms with van der Waals surface area (Å²) in [5, 5.41) is 15.6. The van der Waals surface area contributed by atoms with Gasteiger partial charge in [0.25, 0.3) is 11.6 Å². The molecule has 0 bridgehead atoms. The molecule has 1 aromatic heterocycles. The van der Waals surface area contributed by atoms with Crippen molar-refractivity contribution in [3.05, 3.63) is 76.0 Å². The van der Waals surface area contributed by atoms with E-state index in [9.17, 15) is 14.9 Å². The lowest BCUT2D eigenvalue weighted by atomic mass is 10.2. The van der Waals surface area contributed by atoms with E-state index in [1.165, 1.54) is 24.3 Å². The minimum atomic E-state index is -0.514. The summed E-state index contributed by atoms with van der Waals surface area (Å²) in [6, 6.07) is 13.2. The zero-order chi connectivity index (χ0) is 17.1. The van der Waals surface area contributed by atoms with Crippen molar-refractivity contribution in [2.24, 2.45) is 12.1 Å². The van der Waals surface area contributed by atoms with Crippen LogP contribution in [0.15, 0.2) is 59.8 Å². The SMILES string of the molecule is Cn1cc(C=NNC(=O)c2ccc([N+](=O)[O-])cc2)c2ccccc21. The molecule has 24 heavy (non-hydrogen) atoms. The van der Waals surface area contributed by atoms with E-state index in [1.807, 2.05) is 42.1 Å². The number of hydrogen-bond acceptors (Lipinski definition) is 4. The number of para-hydroxylation sites is 1. The average molecular weight is 322 g/mol. The number of benzene rings is 2. The fourth-order valence-electron chi connectivity index (χ4n) is 2.44. The molecule has 3 aromatic rings.